The van der Waals surface area contributed by atoms with Crippen LogP contribution in [0.4, 0.5) is 0 Å². The molecule has 0 saturated carbocycles. The van der Waals surface area contributed by atoms with Gasteiger partial charge in [-0.1, -0.05) is 98.9 Å². The lowest BCUT2D eigenvalue weighted by Crippen LogP contribution is -2.61. The number of fused-ring (bicyclic) bond motifs is 2. The number of cyclic esters (lactones) is 1. The molecule has 13 N–H and O–H groups in total. The summed E-state index contributed by atoms with van der Waals surface area (Å²) < 4.78 is 23.1. The minimum Gasteiger partial charge on any atom is -0.481 e. The molecular formula is C47H73NO17. The van der Waals surface area contributed by atoms with Crippen molar-refractivity contribution in [1.29, 1.82) is 0 Å². The van der Waals surface area contributed by atoms with E-state index in [0.717, 1.165) is 0 Å². The Labute approximate surface area is 381 Å². The van der Waals surface area contributed by atoms with E-state index in [4.69, 9.17) is 24.7 Å². The molecule has 3 aliphatic heterocycles. The van der Waals surface area contributed by atoms with Crippen LogP contribution in [0.15, 0.2) is 85.1 Å². The first-order chi connectivity index (χ1) is 30.6. The summed E-state index contributed by atoms with van der Waals surface area (Å²) in [5, 5.41) is 118. The van der Waals surface area contributed by atoms with Gasteiger partial charge in [-0.2, -0.15) is 0 Å². The van der Waals surface area contributed by atoms with Crippen LogP contribution in [-0.4, -0.2) is 166 Å². The van der Waals surface area contributed by atoms with Crippen molar-refractivity contribution < 1.29 is 84.7 Å². The maximum Gasteiger partial charge on any atom is 0.311 e. The number of ether oxygens (including phenoxy) is 4. The van der Waals surface area contributed by atoms with Crippen molar-refractivity contribution in [2.45, 2.75) is 177 Å². The summed E-state index contributed by atoms with van der Waals surface area (Å²) in [6.45, 7) is 6.74. The minimum atomic E-state index is -2.33. The second-order valence-electron chi connectivity index (χ2n) is 17.6. The summed E-state index contributed by atoms with van der Waals surface area (Å²) in [5.41, 5.74) is 6.02. The van der Waals surface area contributed by atoms with Gasteiger partial charge in [-0.05, 0) is 33.1 Å². The Morgan fingerprint density at radius 2 is 1.23 bits per heavy atom. The molecule has 0 aromatic heterocycles. The molecule has 2 fully saturated rings. The molecule has 3 aliphatic rings. The van der Waals surface area contributed by atoms with Gasteiger partial charge in [0.25, 0.3) is 0 Å². The number of allylic oxidation sites excluding steroid dienone is 12. The maximum atomic E-state index is 12.6. The van der Waals surface area contributed by atoms with Crippen LogP contribution in [0.5, 0.6) is 0 Å². The van der Waals surface area contributed by atoms with Gasteiger partial charge in [-0.15, -0.1) is 0 Å². The van der Waals surface area contributed by atoms with Crippen LogP contribution in [-0.2, 0) is 28.5 Å². The number of aliphatic hydroxyl groups is 10. The lowest BCUT2D eigenvalue weighted by atomic mass is 9.82. The highest BCUT2D eigenvalue weighted by Gasteiger charge is 2.51. The first-order valence-corrected chi connectivity index (χ1v) is 22.3. The fourth-order valence-corrected chi connectivity index (χ4v) is 7.97. The fourth-order valence-electron chi connectivity index (χ4n) is 7.97. The van der Waals surface area contributed by atoms with Gasteiger partial charge in [0.2, 0.25) is 0 Å². The summed E-state index contributed by atoms with van der Waals surface area (Å²) >= 11 is 0. The third-order valence-electron chi connectivity index (χ3n) is 12.0. The van der Waals surface area contributed by atoms with E-state index in [1.54, 1.807) is 80.7 Å². The van der Waals surface area contributed by atoms with Crippen molar-refractivity contribution in [2.24, 2.45) is 23.5 Å². The molecule has 0 radical (unpaired) electrons. The minimum absolute atomic E-state index is 0.107. The number of hydrogen-bond acceptors (Lipinski definition) is 17. The van der Waals surface area contributed by atoms with Gasteiger partial charge >= 0.3 is 11.9 Å². The molecular weight excluding hydrogens is 851 g/mol. The van der Waals surface area contributed by atoms with Crippen molar-refractivity contribution in [2.75, 3.05) is 0 Å². The first kappa shape index (κ1) is 55.9. The molecule has 0 aromatic carbocycles. The average Bonchev–Trinajstić information content (AvgIpc) is 3.21. The number of esters is 1. The molecule has 368 valence electrons. The summed E-state index contributed by atoms with van der Waals surface area (Å²) in [6, 6.07) is -1.15. The molecule has 0 aromatic rings. The van der Waals surface area contributed by atoms with Crippen molar-refractivity contribution in [3.63, 3.8) is 0 Å². The molecule has 18 nitrogen and oxygen atoms in total. The Morgan fingerprint density at radius 3 is 1.82 bits per heavy atom. The molecule has 3 rings (SSSR count). The largest absolute Gasteiger partial charge is 0.481 e. The number of carboxylic acid groups (broad SMARTS) is 1. The summed E-state index contributed by atoms with van der Waals surface area (Å²) in [5.74, 6) is -6.83. The summed E-state index contributed by atoms with van der Waals surface area (Å²) in [4.78, 5) is 25.1. The number of aliphatic hydroxyl groups excluding tert-OH is 9. The number of carbonyl (C=O) groups excluding carboxylic acids is 1. The van der Waals surface area contributed by atoms with E-state index in [0.29, 0.717) is 0 Å². The van der Waals surface area contributed by atoms with Gasteiger partial charge in [-0.3, -0.25) is 9.59 Å². The predicted octanol–water partition coefficient (Wildman–Crippen LogP) is 0.712. The zero-order chi connectivity index (χ0) is 48.4. The van der Waals surface area contributed by atoms with Crippen molar-refractivity contribution in [1.82, 2.24) is 0 Å². The third kappa shape index (κ3) is 18.6. The van der Waals surface area contributed by atoms with Gasteiger partial charge in [0.1, 0.15) is 18.1 Å². The molecule has 18 heteroatoms. The second kappa shape index (κ2) is 27.4. The number of rotatable bonds is 3. The predicted molar refractivity (Wildman–Crippen MR) is 237 cm³/mol. The zero-order valence-electron chi connectivity index (χ0n) is 37.6. The van der Waals surface area contributed by atoms with Crippen molar-refractivity contribution >= 4 is 11.9 Å². The van der Waals surface area contributed by atoms with E-state index < -0.39 is 147 Å². The quantitative estimate of drug-likeness (QED) is 0.174. The smallest absolute Gasteiger partial charge is 0.311 e. The number of hydrogen-bond donors (Lipinski definition) is 12. The Bertz CT molecular complexity index is 1670. The Hall–Kier alpha value is -3.44. The van der Waals surface area contributed by atoms with Crippen LogP contribution in [0.2, 0.25) is 0 Å². The number of nitrogens with two attached hydrogens (primary N) is 1. The van der Waals surface area contributed by atoms with Gasteiger partial charge in [0, 0.05) is 37.5 Å². The number of aliphatic carboxylic acids is 1. The second-order valence-corrected chi connectivity index (χ2v) is 17.6. The lowest BCUT2D eigenvalue weighted by molar-refractivity contribution is -0.308. The Kier molecular flexibility index (Phi) is 23.6. The normalized spacial score (nSPS) is 45.5. The Morgan fingerprint density at radius 1 is 0.662 bits per heavy atom. The van der Waals surface area contributed by atoms with E-state index in [-0.39, 0.29) is 31.6 Å². The molecule has 6 unspecified atom stereocenters. The molecule has 2 saturated heterocycles. The van der Waals surface area contributed by atoms with Crippen molar-refractivity contribution in [3.8, 4) is 0 Å². The van der Waals surface area contributed by atoms with Gasteiger partial charge in [0.05, 0.1) is 79.6 Å². The van der Waals surface area contributed by atoms with Crippen molar-refractivity contribution in [3.05, 3.63) is 85.1 Å². The number of carbonyl (C=O) groups is 2. The van der Waals surface area contributed by atoms with Gasteiger partial charge < -0.3 is 80.9 Å². The maximum absolute atomic E-state index is 12.6. The fraction of sp³-hybridized carbons (Fsp3) is 0.660. The first-order valence-electron chi connectivity index (χ1n) is 22.3. The highest BCUT2D eigenvalue weighted by atomic mass is 16.7. The highest BCUT2D eigenvalue weighted by molar-refractivity contribution is 5.71. The molecule has 0 amide bonds. The van der Waals surface area contributed by atoms with Crippen LogP contribution in [0, 0.1) is 17.8 Å². The molecule has 2 bridgehead atoms. The highest BCUT2D eigenvalue weighted by Crippen LogP contribution is 2.38. The number of carboxylic acids is 1. The standard InChI is InChI=1S/C47H73NO17/c1-27-17-15-13-11-9-7-5-6-8-10-12-14-16-18-34(64-46-44(58)41(48)43(57)30(4)63-46)24-38-40(45(59)60)37(54)26-47(61,65-38)25-33(51)22-36(53)35(52)20-19-31(49)21-32(50)23-39(55)62-29(3)28(2)42(27)56/h5-18,27-38,40-44,46,49-54,56-58,61H,19-26,48H2,1-4H3,(H,59,60)/b6-5+,9-7+,10-8+,13-11+,14-12+,17-15+,18-16+/t27-,28-,29-,30?,31+,32+,33-,34?,35+,36+,37-,38-,40+,41?,42+,43?,44?,46?,47+/m0/s1. The summed E-state index contributed by atoms with van der Waals surface area (Å²) in [7, 11) is 0. The SMILES string of the molecule is CC1OC(OC2/C=C/C=C/C=C/C=C/C=C/C=C/C=C/[C@H](C)[C@@H](O)[C@@H](C)[C@H](C)OC(=O)C[C@H](O)C[C@H](O)CC[C@@H](O)[C@H](O)C[C@H](O)C[C@]3(O)C[C@H](O)[C@@H](C(=O)O)[C@H](C2)O3)C(O)C(N)C1O. The molecule has 19 atom stereocenters. The zero-order valence-corrected chi connectivity index (χ0v) is 37.6. The molecule has 0 spiro atoms. The van der Waals surface area contributed by atoms with Crippen LogP contribution in [0.3, 0.4) is 0 Å². The van der Waals surface area contributed by atoms with Crippen LogP contribution in [0.1, 0.15) is 79.1 Å². The van der Waals surface area contributed by atoms with Crippen LogP contribution >= 0.6 is 0 Å². The van der Waals surface area contributed by atoms with E-state index in [1.165, 1.54) is 13.0 Å². The topological polar surface area (TPSA) is 320 Å². The molecule has 65 heavy (non-hydrogen) atoms. The van der Waals surface area contributed by atoms with E-state index in [9.17, 15) is 65.8 Å². The van der Waals surface area contributed by atoms with Gasteiger partial charge in [0.15, 0.2) is 12.1 Å². The van der Waals surface area contributed by atoms with E-state index in [2.05, 4.69) is 0 Å². The molecule has 0 aliphatic carbocycles. The lowest BCUT2D eigenvalue weighted by Gasteiger charge is -2.45. The van der Waals surface area contributed by atoms with Crippen LogP contribution < -0.4 is 5.73 Å². The monoisotopic (exact) mass is 923 g/mol. The van der Waals surface area contributed by atoms with E-state index >= 15 is 0 Å². The van der Waals surface area contributed by atoms with Gasteiger partial charge in [-0.25, -0.2) is 0 Å². The Balaban J connectivity index is 1.86. The summed E-state index contributed by atoms with van der Waals surface area (Å²) in [6.07, 6.45) is 3.46. The average molecular weight is 924 g/mol. The van der Waals surface area contributed by atoms with E-state index in [1.807, 2.05) is 19.1 Å². The van der Waals surface area contributed by atoms with Crippen LogP contribution in [0.25, 0.3) is 0 Å². The molecule has 3 heterocycles. The third-order valence-corrected chi connectivity index (χ3v) is 12.0.